The smallest absolute Gasteiger partial charge is 0.222 e. The molecule has 0 spiro atoms. The highest BCUT2D eigenvalue weighted by molar-refractivity contribution is 5.82. The molecule has 0 aliphatic carbocycles. The van der Waals surface area contributed by atoms with Crippen LogP contribution < -0.4 is 4.90 Å². The number of aromatic nitrogens is 1. The van der Waals surface area contributed by atoms with E-state index in [1.165, 1.54) is 10.9 Å². The number of pyridine rings is 1. The number of ether oxygens (including phenoxy) is 2. The van der Waals surface area contributed by atoms with Crippen LogP contribution in [0.2, 0.25) is 0 Å². The maximum atomic E-state index is 12.6. The molecule has 0 saturated carbocycles. The molecule has 1 aromatic carbocycles. The number of benzene rings is 1. The van der Waals surface area contributed by atoms with Crippen LogP contribution in [-0.4, -0.2) is 85.9 Å². The molecule has 3 aliphatic rings. The highest BCUT2D eigenvalue weighted by Crippen LogP contribution is 2.28. The summed E-state index contributed by atoms with van der Waals surface area (Å²) in [6.07, 6.45) is 0.555. The van der Waals surface area contributed by atoms with Gasteiger partial charge in [-0.05, 0) is 12.1 Å². The van der Waals surface area contributed by atoms with Crippen molar-refractivity contribution in [2.45, 2.75) is 25.9 Å². The van der Waals surface area contributed by atoms with E-state index < -0.39 is 0 Å². The predicted octanol–water partition coefficient (Wildman–Crippen LogP) is 2.14. The van der Waals surface area contributed by atoms with Gasteiger partial charge in [0.15, 0.2) is 0 Å². The Kier molecular flexibility index (Phi) is 6.07. The molecular formula is C24H32N4O3. The normalized spacial score (nSPS) is 24.9. The second-order valence-corrected chi connectivity index (χ2v) is 8.91. The average Bonchev–Trinajstić information content (AvgIpc) is 3.10. The maximum absolute atomic E-state index is 12.6. The molecule has 2 bridgehead atoms. The second-order valence-electron chi connectivity index (χ2n) is 8.91. The van der Waals surface area contributed by atoms with Crippen molar-refractivity contribution in [1.82, 2.24) is 14.8 Å². The first-order valence-electron chi connectivity index (χ1n) is 11.5. The van der Waals surface area contributed by atoms with E-state index in [0.717, 1.165) is 70.4 Å². The zero-order chi connectivity index (χ0) is 21.2. The van der Waals surface area contributed by atoms with Crippen LogP contribution >= 0.6 is 0 Å². The van der Waals surface area contributed by atoms with Crippen molar-refractivity contribution >= 4 is 22.6 Å². The van der Waals surface area contributed by atoms with Gasteiger partial charge in [0.25, 0.3) is 0 Å². The van der Waals surface area contributed by atoms with Gasteiger partial charge in [0, 0.05) is 62.6 Å². The summed E-state index contributed by atoms with van der Waals surface area (Å²) in [5, 5.41) is 1.18. The molecule has 0 radical (unpaired) electrons. The lowest BCUT2D eigenvalue weighted by Crippen LogP contribution is -2.46. The van der Waals surface area contributed by atoms with E-state index in [-0.39, 0.29) is 11.9 Å². The Balaban J connectivity index is 1.44. The van der Waals surface area contributed by atoms with Crippen LogP contribution in [0.4, 0.5) is 5.82 Å². The van der Waals surface area contributed by atoms with E-state index in [1.807, 2.05) is 13.0 Å². The summed E-state index contributed by atoms with van der Waals surface area (Å²) in [4.78, 5) is 24.6. The summed E-state index contributed by atoms with van der Waals surface area (Å²) in [6, 6.07) is 10.8. The number of anilines is 1. The molecule has 1 aromatic heterocycles. The summed E-state index contributed by atoms with van der Waals surface area (Å²) in [6.45, 7) is 9.97. The number of morpholine rings is 1. The van der Waals surface area contributed by atoms with Gasteiger partial charge >= 0.3 is 0 Å². The largest absolute Gasteiger partial charge is 0.379 e. The van der Waals surface area contributed by atoms with Crippen LogP contribution in [0, 0.1) is 5.92 Å². The van der Waals surface area contributed by atoms with Gasteiger partial charge < -0.3 is 19.3 Å². The van der Waals surface area contributed by atoms with Crippen molar-refractivity contribution in [1.29, 1.82) is 0 Å². The predicted molar refractivity (Wildman–Crippen MR) is 120 cm³/mol. The lowest BCUT2D eigenvalue weighted by molar-refractivity contribution is -0.133. The quantitative estimate of drug-likeness (QED) is 0.750. The van der Waals surface area contributed by atoms with Crippen molar-refractivity contribution in [3.63, 3.8) is 0 Å². The van der Waals surface area contributed by atoms with Crippen molar-refractivity contribution in [2.24, 2.45) is 5.92 Å². The van der Waals surface area contributed by atoms with Gasteiger partial charge in [-0.15, -0.1) is 0 Å². The topological polar surface area (TPSA) is 58.1 Å². The molecule has 7 heteroatoms. The summed E-state index contributed by atoms with van der Waals surface area (Å²) >= 11 is 0. The molecule has 3 fully saturated rings. The minimum Gasteiger partial charge on any atom is -0.379 e. The van der Waals surface area contributed by atoms with Crippen molar-refractivity contribution < 1.29 is 14.3 Å². The molecule has 0 N–H and O–H groups in total. The fourth-order valence-electron chi connectivity index (χ4n) is 5.13. The Morgan fingerprint density at radius 1 is 1.10 bits per heavy atom. The van der Waals surface area contributed by atoms with E-state index in [0.29, 0.717) is 18.9 Å². The Morgan fingerprint density at radius 2 is 1.94 bits per heavy atom. The molecule has 0 unspecified atom stereocenters. The first kappa shape index (κ1) is 20.7. The Bertz CT molecular complexity index is 930. The van der Waals surface area contributed by atoms with E-state index in [1.54, 1.807) is 0 Å². The second kappa shape index (κ2) is 9.10. The highest BCUT2D eigenvalue weighted by Gasteiger charge is 2.35. The summed E-state index contributed by atoms with van der Waals surface area (Å²) in [5.74, 6) is 1.67. The Hall–Kier alpha value is -2.22. The van der Waals surface area contributed by atoms with Crippen LogP contribution in [0.1, 0.15) is 18.9 Å². The van der Waals surface area contributed by atoms with Crippen molar-refractivity contribution in [3.05, 3.63) is 35.9 Å². The number of para-hydroxylation sites is 1. The fraction of sp³-hybridized carbons (Fsp3) is 0.583. The van der Waals surface area contributed by atoms with Crippen LogP contribution in [-0.2, 0) is 20.8 Å². The van der Waals surface area contributed by atoms with Gasteiger partial charge in [-0.1, -0.05) is 25.1 Å². The van der Waals surface area contributed by atoms with E-state index in [9.17, 15) is 4.79 Å². The minimum atomic E-state index is 0.125. The zero-order valence-corrected chi connectivity index (χ0v) is 18.3. The van der Waals surface area contributed by atoms with Gasteiger partial charge in [0.05, 0.1) is 38.0 Å². The number of amides is 1. The molecule has 166 valence electrons. The van der Waals surface area contributed by atoms with Gasteiger partial charge in [0.2, 0.25) is 5.91 Å². The first-order chi connectivity index (χ1) is 15.2. The Labute approximate surface area is 183 Å². The molecule has 2 aromatic rings. The molecular weight excluding hydrogens is 392 g/mol. The number of fused-ring (bicyclic) bond motifs is 4. The van der Waals surface area contributed by atoms with Crippen molar-refractivity contribution in [3.8, 4) is 0 Å². The van der Waals surface area contributed by atoms with Crippen LogP contribution in [0.25, 0.3) is 10.9 Å². The average molecular weight is 425 g/mol. The molecule has 7 nitrogen and oxygen atoms in total. The third-order valence-electron chi connectivity index (χ3n) is 6.65. The molecule has 1 amide bonds. The number of nitrogens with zero attached hydrogens (tertiary/aromatic N) is 4. The lowest BCUT2D eigenvalue weighted by atomic mass is 10.1. The monoisotopic (exact) mass is 424 g/mol. The van der Waals surface area contributed by atoms with E-state index in [2.05, 4.69) is 39.0 Å². The Morgan fingerprint density at radius 3 is 2.77 bits per heavy atom. The highest BCUT2D eigenvalue weighted by atomic mass is 16.5. The lowest BCUT2D eigenvalue weighted by Gasteiger charge is -2.33. The molecule has 3 aliphatic heterocycles. The molecule has 5 rings (SSSR count). The van der Waals surface area contributed by atoms with Crippen molar-refractivity contribution in [2.75, 3.05) is 64.1 Å². The number of carbonyl (C=O) groups is 1. The SMILES string of the molecule is CCC(=O)N1C[C@H]2COC[C@@H]1CN(Cc1cc3ccccc3nc1N1CCOCC1)C2. The van der Waals surface area contributed by atoms with Crippen LogP contribution in [0.5, 0.6) is 0 Å². The molecule has 2 atom stereocenters. The zero-order valence-electron chi connectivity index (χ0n) is 18.3. The summed E-state index contributed by atoms with van der Waals surface area (Å²) < 4.78 is 11.5. The van der Waals surface area contributed by atoms with Gasteiger partial charge in [0.1, 0.15) is 5.82 Å². The van der Waals surface area contributed by atoms with Crippen LogP contribution in [0.3, 0.4) is 0 Å². The molecule has 31 heavy (non-hydrogen) atoms. The first-order valence-corrected chi connectivity index (χ1v) is 11.5. The van der Waals surface area contributed by atoms with Crippen LogP contribution in [0.15, 0.2) is 30.3 Å². The molecule has 3 saturated heterocycles. The maximum Gasteiger partial charge on any atom is 0.222 e. The van der Waals surface area contributed by atoms with E-state index in [4.69, 9.17) is 14.5 Å². The van der Waals surface area contributed by atoms with Gasteiger partial charge in [-0.2, -0.15) is 0 Å². The third kappa shape index (κ3) is 4.40. The molecule has 4 heterocycles. The standard InChI is InChI=1S/C24H32N4O3/c1-2-23(29)28-13-18-12-26(15-21(28)17-31-16-18)14-20-11-19-5-3-4-6-22(19)25-24(20)27-7-9-30-10-8-27/h3-6,11,18,21H,2,7-10,12-17H2,1H3/t18-,21-/m0/s1. The number of hydrogen-bond acceptors (Lipinski definition) is 6. The summed E-state index contributed by atoms with van der Waals surface area (Å²) in [5.41, 5.74) is 2.29. The van der Waals surface area contributed by atoms with Gasteiger partial charge in [-0.25, -0.2) is 4.98 Å². The van der Waals surface area contributed by atoms with Gasteiger partial charge in [-0.3, -0.25) is 9.69 Å². The summed E-state index contributed by atoms with van der Waals surface area (Å²) in [7, 11) is 0. The third-order valence-corrected chi connectivity index (χ3v) is 6.65. The number of carbonyl (C=O) groups excluding carboxylic acids is 1. The number of hydrogen-bond donors (Lipinski definition) is 0. The van der Waals surface area contributed by atoms with E-state index >= 15 is 0 Å². The minimum absolute atomic E-state index is 0.125. The number of rotatable bonds is 4. The fourth-order valence-corrected chi connectivity index (χ4v) is 5.13.